The van der Waals surface area contributed by atoms with Crippen molar-refractivity contribution in [3.8, 4) is 45.5 Å². The Balaban J connectivity index is 1.70. The second-order valence-corrected chi connectivity index (χ2v) is 8.57. The zero-order chi connectivity index (χ0) is 27.2. The molecule has 1 atom stereocenters. The second-order valence-electron chi connectivity index (χ2n) is 8.24. The molecule has 0 saturated carbocycles. The highest BCUT2D eigenvalue weighted by molar-refractivity contribution is 6.37. The molecule has 11 heteroatoms. The summed E-state index contributed by atoms with van der Waals surface area (Å²) in [7, 11) is 6.10. The Labute approximate surface area is 225 Å². The summed E-state index contributed by atoms with van der Waals surface area (Å²) in [5.74, 6) is 1.31. The van der Waals surface area contributed by atoms with Crippen molar-refractivity contribution in [2.24, 2.45) is 5.73 Å². The number of aromatic nitrogens is 3. The Morgan fingerprint density at radius 1 is 0.868 bits per heavy atom. The van der Waals surface area contributed by atoms with Gasteiger partial charge in [0.25, 0.3) is 5.91 Å². The van der Waals surface area contributed by atoms with Crippen LogP contribution in [0.3, 0.4) is 0 Å². The van der Waals surface area contributed by atoms with E-state index in [-0.39, 0.29) is 0 Å². The van der Waals surface area contributed by atoms with Gasteiger partial charge < -0.3 is 24.7 Å². The summed E-state index contributed by atoms with van der Waals surface area (Å²) in [5.41, 5.74) is 9.79. The molecular formula is C27H28ClN5O5. The molecule has 3 aromatic carbocycles. The molecule has 4 rings (SSSR count). The van der Waals surface area contributed by atoms with E-state index < -0.39 is 11.9 Å². The molecule has 0 spiro atoms. The Kier molecular flexibility index (Phi) is 8.35. The summed E-state index contributed by atoms with van der Waals surface area (Å²) in [6.45, 7) is 0. The lowest BCUT2D eigenvalue weighted by Crippen LogP contribution is -2.41. The highest BCUT2D eigenvalue weighted by atomic mass is 35.5. The minimum Gasteiger partial charge on any atom is -0.495 e. The number of benzene rings is 3. The first-order valence-corrected chi connectivity index (χ1v) is 11.9. The van der Waals surface area contributed by atoms with Crippen LogP contribution in [0.4, 0.5) is 5.69 Å². The molecule has 1 amide bonds. The fraction of sp³-hybridized carbons (Fsp3) is 0.222. The van der Waals surface area contributed by atoms with E-state index >= 15 is 0 Å². The van der Waals surface area contributed by atoms with Gasteiger partial charge in [0, 0.05) is 22.9 Å². The molecule has 0 fully saturated rings. The summed E-state index contributed by atoms with van der Waals surface area (Å²) in [4.78, 5) is 13.1. The van der Waals surface area contributed by atoms with Gasteiger partial charge in [-0.25, -0.2) is 4.42 Å². The zero-order valence-electron chi connectivity index (χ0n) is 21.4. The number of halogens is 1. The lowest BCUT2D eigenvalue weighted by Gasteiger charge is -2.21. The standard InChI is InChI=1S/C27H28ClN5O5/c1-35-21-11-10-17(13-20(21)33(28)27(34)19(29)12-16-8-6-5-7-9-16)24-25(31-32-30-24)18-14-22(36-2)26(38-4)23(15-18)37-3/h5-11,13-15,19H,12,29H2,1-4H3,(H,30,31,32). The van der Waals surface area contributed by atoms with E-state index in [0.717, 1.165) is 9.98 Å². The molecule has 0 bridgehead atoms. The number of hydrogen-bond donors (Lipinski definition) is 2. The maximum absolute atomic E-state index is 13.1. The number of hydrogen-bond acceptors (Lipinski definition) is 8. The van der Waals surface area contributed by atoms with E-state index in [0.29, 0.717) is 57.6 Å². The average molecular weight is 538 g/mol. The highest BCUT2D eigenvalue weighted by Gasteiger charge is 2.26. The Hall–Kier alpha value is -4.28. The molecule has 10 nitrogen and oxygen atoms in total. The van der Waals surface area contributed by atoms with Gasteiger partial charge in [-0.2, -0.15) is 15.4 Å². The van der Waals surface area contributed by atoms with Crippen LogP contribution >= 0.6 is 11.8 Å². The molecule has 1 heterocycles. The summed E-state index contributed by atoms with van der Waals surface area (Å²) in [6.07, 6.45) is 0.333. The molecule has 0 aliphatic rings. The van der Waals surface area contributed by atoms with E-state index in [9.17, 15) is 4.79 Å². The van der Waals surface area contributed by atoms with Gasteiger partial charge in [-0.1, -0.05) is 30.3 Å². The van der Waals surface area contributed by atoms with Crippen LogP contribution in [0.5, 0.6) is 23.0 Å². The van der Waals surface area contributed by atoms with Gasteiger partial charge in [0.2, 0.25) is 5.75 Å². The van der Waals surface area contributed by atoms with E-state index in [4.69, 9.17) is 36.5 Å². The van der Waals surface area contributed by atoms with Crippen molar-refractivity contribution < 1.29 is 23.7 Å². The van der Waals surface area contributed by atoms with Gasteiger partial charge in [0.15, 0.2) is 11.5 Å². The number of nitrogens with one attached hydrogen (secondary N) is 1. The molecule has 0 aliphatic carbocycles. The largest absolute Gasteiger partial charge is 0.495 e. The maximum Gasteiger partial charge on any atom is 0.258 e. The number of carbonyl (C=O) groups excluding carboxylic acids is 1. The number of carbonyl (C=O) groups is 1. The first kappa shape index (κ1) is 26.8. The molecule has 3 N–H and O–H groups in total. The quantitative estimate of drug-likeness (QED) is 0.288. The SMILES string of the molecule is COc1ccc(-c2n[nH]nc2-c2cc(OC)c(OC)c(OC)c2)cc1N(Cl)C(=O)C(N)Cc1ccccc1. The van der Waals surface area contributed by atoms with Crippen LogP contribution in [0.15, 0.2) is 60.7 Å². The normalized spacial score (nSPS) is 11.5. The van der Waals surface area contributed by atoms with Gasteiger partial charge in [-0.3, -0.25) is 4.79 Å². The number of nitrogens with zero attached hydrogens (tertiary/aromatic N) is 3. The Bertz CT molecular complexity index is 1390. The van der Waals surface area contributed by atoms with Crippen molar-refractivity contribution in [3.63, 3.8) is 0 Å². The molecule has 38 heavy (non-hydrogen) atoms. The summed E-state index contributed by atoms with van der Waals surface area (Å²) in [5, 5.41) is 11.4. The fourth-order valence-corrected chi connectivity index (χ4v) is 4.32. The summed E-state index contributed by atoms with van der Waals surface area (Å²) < 4.78 is 22.8. The topological polar surface area (TPSA) is 125 Å². The van der Waals surface area contributed by atoms with Crippen LogP contribution in [0.1, 0.15) is 5.56 Å². The minimum absolute atomic E-state index is 0.319. The van der Waals surface area contributed by atoms with E-state index in [2.05, 4.69) is 15.4 Å². The Morgan fingerprint density at radius 2 is 1.47 bits per heavy atom. The third kappa shape index (κ3) is 5.36. The van der Waals surface area contributed by atoms with Gasteiger partial charge in [-0.15, -0.1) is 0 Å². The highest BCUT2D eigenvalue weighted by Crippen LogP contribution is 2.43. The number of aromatic amines is 1. The number of rotatable bonds is 10. The fourth-order valence-electron chi connectivity index (χ4n) is 4.06. The molecule has 1 unspecified atom stereocenters. The van der Waals surface area contributed by atoms with Crippen molar-refractivity contribution in [1.82, 2.24) is 15.4 Å². The number of nitrogens with two attached hydrogens (primary N) is 1. The van der Waals surface area contributed by atoms with Gasteiger partial charge in [0.1, 0.15) is 22.8 Å². The molecule has 4 aromatic rings. The number of H-pyrrole nitrogens is 1. The number of anilines is 1. The van der Waals surface area contributed by atoms with Crippen LogP contribution in [0.25, 0.3) is 22.5 Å². The van der Waals surface area contributed by atoms with Crippen molar-refractivity contribution in [2.75, 3.05) is 32.9 Å². The first-order chi connectivity index (χ1) is 18.4. The lowest BCUT2D eigenvalue weighted by atomic mass is 10.0. The molecule has 1 aromatic heterocycles. The maximum atomic E-state index is 13.1. The average Bonchev–Trinajstić information content (AvgIpc) is 3.45. The van der Waals surface area contributed by atoms with Crippen molar-refractivity contribution in [3.05, 3.63) is 66.2 Å². The first-order valence-electron chi connectivity index (χ1n) is 11.6. The predicted octanol–water partition coefficient (Wildman–Crippen LogP) is 4.23. The minimum atomic E-state index is -0.856. The number of methoxy groups -OCH3 is 4. The van der Waals surface area contributed by atoms with Crippen LogP contribution in [-0.4, -0.2) is 55.8 Å². The number of ether oxygens (including phenoxy) is 4. The second kappa shape index (κ2) is 11.8. The van der Waals surface area contributed by atoms with Crippen molar-refractivity contribution >= 4 is 23.4 Å². The van der Waals surface area contributed by atoms with E-state index in [1.165, 1.54) is 28.4 Å². The number of amides is 1. The van der Waals surface area contributed by atoms with Crippen LogP contribution < -0.4 is 29.1 Å². The monoisotopic (exact) mass is 537 g/mol. The predicted molar refractivity (Wildman–Crippen MR) is 145 cm³/mol. The summed E-state index contributed by atoms with van der Waals surface area (Å²) >= 11 is 6.54. The Morgan fingerprint density at radius 3 is 2.05 bits per heavy atom. The van der Waals surface area contributed by atoms with Gasteiger partial charge in [-0.05, 0) is 42.3 Å². The lowest BCUT2D eigenvalue weighted by molar-refractivity contribution is -0.118. The third-order valence-electron chi connectivity index (χ3n) is 5.96. The van der Waals surface area contributed by atoms with E-state index in [1.807, 2.05) is 30.3 Å². The molecule has 0 radical (unpaired) electrons. The molecule has 0 aliphatic heterocycles. The van der Waals surface area contributed by atoms with Crippen molar-refractivity contribution in [1.29, 1.82) is 0 Å². The third-order valence-corrected chi connectivity index (χ3v) is 6.31. The van der Waals surface area contributed by atoms with Crippen molar-refractivity contribution in [2.45, 2.75) is 12.5 Å². The van der Waals surface area contributed by atoms with Crippen LogP contribution in [-0.2, 0) is 11.2 Å². The smallest absolute Gasteiger partial charge is 0.258 e. The molecule has 0 saturated heterocycles. The molecular weight excluding hydrogens is 510 g/mol. The van der Waals surface area contributed by atoms with Gasteiger partial charge in [0.05, 0.1) is 34.5 Å². The van der Waals surface area contributed by atoms with Crippen LogP contribution in [0, 0.1) is 0 Å². The summed E-state index contributed by atoms with van der Waals surface area (Å²) in [6, 6.07) is 17.4. The zero-order valence-corrected chi connectivity index (χ0v) is 22.2. The molecule has 198 valence electrons. The van der Waals surface area contributed by atoms with E-state index in [1.54, 1.807) is 30.3 Å². The van der Waals surface area contributed by atoms with Gasteiger partial charge >= 0.3 is 0 Å². The van der Waals surface area contributed by atoms with Crippen LogP contribution in [0.2, 0.25) is 0 Å².